The molecule has 47 heavy (non-hydrogen) atoms. The van der Waals surface area contributed by atoms with Crippen LogP contribution in [0.1, 0.15) is 0 Å². The lowest BCUT2D eigenvalue weighted by molar-refractivity contribution is 1.28. The first kappa shape index (κ1) is 28.3. The standard InChI is InChI=1S/C46H33N/c1-4-14-34(15-5-1)37-26-28-42(29-27-37)47(43-23-12-22-39(31-43)46-25-13-21-38-20-10-11-24-45(38)46)44-32-40(35-16-6-2-7-17-35)30-41(33-44)36-18-8-3-9-19-36/h1-33H. The number of hydrogen-bond acceptors (Lipinski definition) is 1. The normalized spacial score (nSPS) is 11.0. The summed E-state index contributed by atoms with van der Waals surface area (Å²) < 4.78 is 0. The minimum Gasteiger partial charge on any atom is -0.310 e. The molecule has 1 heteroatoms. The van der Waals surface area contributed by atoms with Gasteiger partial charge in [0.1, 0.15) is 0 Å². The van der Waals surface area contributed by atoms with Gasteiger partial charge < -0.3 is 4.90 Å². The van der Waals surface area contributed by atoms with E-state index in [0.717, 1.165) is 17.1 Å². The van der Waals surface area contributed by atoms with E-state index in [-0.39, 0.29) is 0 Å². The second-order valence-electron chi connectivity index (χ2n) is 11.8. The van der Waals surface area contributed by atoms with Crippen molar-refractivity contribution in [3.05, 3.63) is 200 Å². The zero-order valence-corrected chi connectivity index (χ0v) is 26.0. The van der Waals surface area contributed by atoms with E-state index in [0.29, 0.717) is 0 Å². The zero-order chi connectivity index (χ0) is 31.4. The van der Waals surface area contributed by atoms with Gasteiger partial charge in [0.15, 0.2) is 0 Å². The Labute approximate surface area is 276 Å². The molecule has 0 bridgehead atoms. The van der Waals surface area contributed by atoms with Crippen LogP contribution in [-0.2, 0) is 0 Å². The number of nitrogens with zero attached hydrogens (tertiary/aromatic N) is 1. The first-order valence-corrected chi connectivity index (χ1v) is 16.1. The third kappa shape index (κ3) is 5.83. The Morgan fingerprint density at radius 3 is 1.36 bits per heavy atom. The van der Waals surface area contributed by atoms with Crippen LogP contribution in [-0.4, -0.2) is 0 Å². The van der Waals surface area contributed by atoms with Gasteiger partial charge in [-0.05, 0) is 97.7 Å². The van der Waals surface area contributed by atoms with Gasteiger partial charge in [0.05, 0.1) is 0 Å². The Bertz CT molecular complexity index is 2210. The summed E-state index contributed by atoms with van der Waals surface area (Å²) in [5, 5.41) is 2.50. The molecule has 0 spiro atoms. The molecular weight excluding hydrogens is 567 g/mol. The Morgan fingerprint density at radius 2 is 0.723 bits per heavy atom. The number of anilines is 3. The lowest BCUT2D eigenvalue weighted by atomic mass is 9.96. The maximum absolute atomic E-state index is 2.39. The molecule has 222 valence electrons. The zero-order valence-electron chi connectivity index (χ0n) is 26.0. The van der Waals surface area contributed by atoms with E-state index in [4.69, 9.17) is 0 Å². The highest BCUT2D eigenvalue weighted by molar-refractivity contribution is 5.97. The van der Waals surface area contributed by atoms with E-state index in [1.807, 2.05) is 0 Å². The summed E-state index contributed by atoms with van der Waals surface area (Å²) in [4.78, 5) is 2.39. The van der Waals surface area contributed by atoms with E-state index in [1.165, 1.54) is 55.3 Å². The van der Waals surface area contributed by atoms with E-state index < -0.39 is 0 Å². The van der Waals surface area contributed by atoms with Gasteiger partial charge in [0, 0.05) is 17.1 Å². The van der Waals surface area contributed by atoms with Crippen molar-refractivity contribution in [3.8, 4) is 44.5 Å². The van der Waals surface area contributed by atoms with Gasteiger partial charge in [-0.3, -0.25) is 0 Å². The first-order chi connectivity index (χ1) is 23.3. The van der Waals surface area contributed by atoms with Crippen LogP contribution in [0.25, 0.3) is 55.3 Å². The lowest BCUT2D eigenvalue weighted by Crippen LogP contribution is -2.10. The Hall–Kier alpha value is -6.18. The fourth-order valence-corrected chi connectivity index (χ4v) is 6.51. The van der Waals surface area contributed by atoms with Gasteiger partial charge in [0.25, 0.3) is 0 Å². The van der Waals surface area contributed by atoms with Gasteiger partial charge in [-0.2, -0.15) is 0 Å². The van der Waals surface area contributed by atoms with Crippen molar-refractivity contribution in [2.24, 2.45) is 0 Å². The molecule has 0 aliphatic carbocycles. The van der Waals surface area contributed by atoms with Gasteiger partial charge in [0.2, 0.25) is 0 Å². The minimum absolute atomic E-state index is 1.10. The molecule has 0 atom stereocenters. The maximum Gasteiger partial charge on any atom is 0.0473 e. The molecule has 0 amide bonds. The van der Waals surface area contributed by atoms with Crippen molar-refractivity contribution in [1.29, 1.82) is 0 Å². The van der Waals surface area contributed by atoms with E-state index in [9.17, 15) is 0 Å². The van der Waals surface area contributed by atoms with Crippen LogP contribution in [0.5, 0.6) is 0 Å². The maximum atomic E-state index is 2.39. The monoisotopic (exact) mass is 599 g/mol. The van der Waals surface area contributed by atoms with Crippen molar-refractivity contribution < 1.29 is 0 Å². The number of hydrogen-bond donors (Lipinski definition) is 0. The van der Waals surface area contributed by atoms with E-state index >= 15 is 0 Å². The van der Waals surface area contributed by atoms with E-state index in [2.05, 4.69) is 205 Å². The summed E-state index contributed by atoms with van der Waals surface area (Å²) in [6, 6.07) is 71.9. The SMILES string of the molecule is c1ccc(-c2ccc(N(c3cc(-c4ccccc4)cc(-c4ccccc4)c3)c3cccc(-c4cccc5ccccc45)c3)cc2)cc1. The van der Waals surface area contributed by atoms with E-state index in [1.54, 1.807) is 0 Å². The van der Waals surface area contributed by atoms with Crippen LogP contribution in [0.4, 0.5) is 17.1 Å². The van der Waals surface area contributed by atoms with Gasteiger partial charge in [-0.25, -0.2) is 0 Å². The highest BCUT2D eigenvalue weighted by Gasteiger charge is 2.17. The molecule has 0 saturated heterocycles. The average Bonchev–Trinajstić information content (AvgIpc) is 3.16. The molecular formula is C46H33N. The van der Waals surface area contributed by atoms with Crippen molar-refractivity contribution in [3.63, 3.8) is 0 Å². The van der Waals surface area contributed by atoms with Crippen LogP contribution >= 0.6 is 0 Å². The largest absolute Gasteiger partial charge is 0.310 e. The smallest absolute Gasteiger partial charge is 0.0473 e. The summed E-state index contributed by atoms with van der Waals surface area (Å²) in [6.07, 6.45) is 0. The molecule has 0 aliphatic rings. The predicted molar refractivity (Wildman–Crippen MR) is 200 cm³/mol. The fraction of sp³-hybridized carbons (Fsp3) is 0. The van der Waals surface area contributed by atoms with Crippen LogP contribution in [0, 0.1) is 0 Å². The highest BCUT2D eigenvalue weighted by Crippen LogP contribution is 2.42. The van der Waals surface area contributed by atoms with Crippen molar-refractivity contribution in [2.45, 2.75) is 0 Å². The second kappa shape index (κ2) is 12.7. The third-order valence-corrected chi connectivity index (χ3v) is 8.83. The summed E-state index contributed by atoms with van der Waals surface area (Å²) in [6.45, 7) is 0. The Balaban J connectivity index is 1.33. The van der Waals surface area contributed by atoms with Crippen LogP contribution in [0.15, 0.2) is 200 Å². The third-order valence-electron chi connectivity index (χ3n) is 8.83. The highest BCUT2D eigenvalue weighted by atomic mass is 15.1. The molecule has 0 saturated carbocycles. The van der Waals surface area contributed by atoms with Crippen LogP contribution < -0.4 is 4.90 Å². The van der Waals surface area contributed by atoms with Crippen molar-refractivity contribution in [2.75, 3.05) is 4.90 Å². The number of fused-ring (bicyclic) bond motifs is 1. The Morgan fingerprint density at radius 1 is 0.255 bits per heavy atom. The summed E-state index contributed by atoms with van der Waals surface area (Å²) in [5.74, 6) is 0. The van der Waals surface area contributed by atoms with Gasteiger partial charge >= 0.3 is 0 Å². The van der Waals surface area contributed by atoms with Crippen LogP contribution in [0.2, 0.25) is 0 Å². The average molecular weight is 600 g/mol. The molecule has 0 aliphatic heterocycles. The van der Waals surface area contributed by atoms with Crippen molar-refractivity contribution >= 4 is 27.8 Å². The molecule has 0 unspecified atom stereocenters. The molecule has 0 aromatic heterocycles. The first-order valence-electron chi connectivity index (χ1n) is 16.1. The lowest BCUT2D eigenvalue weighted by Gasteiger charge is -2.27. The van der Waals surface area contributed by atoms with Crippen molar-refractivity contribution in [1.82, 2.24) is 0 Å². The number of benzene rings is 8. The minimum atomic E-state index is 1.10. The fourth-order valence-electron chi connectivity index (χ4n) is 6.51. The summed E-state index contributed by atoms with van der Waals surface area (Å²) >= 11 is 0. The molecule has 1 nitrogen and oxygen atoms in total. The quantitative estimate of drug-likeness (QED) is 0.176. The number of rotatable bonds is 7. The molecule has 0 heterocycles. The topological polar surface area (TPSA) is 3.24 Å². The van der Waals surface area contributed by atoms with Gasteiger partial charge in [-0.1, -0.05) is 158 Å². The molecule has 0 N–H and O–H groups in total. The molecule has 8 aromatic rings. The van der Waals surface area contributed by atoms with Gasteiger partial charge in [-0.15, -0.1) is 0 Å². The summed E-state index contributed by atoms with van der Waals surface area (Å²) in [7, 11) is 0. The molecule has 8 rings (SSSR count). The summed E-state index contributed by atoms with van der Waals surface area (Å²) in [5.41, 5.74) is 12.9. The van der Waals surface area contributed by atoms with Crippen LogP contribution in [0.3, 0.4) is 0 Å². The molecule has 0 fully saturated rings. The Kier molecular flexibility index (Phi) is 7.63. The second-order valence-corrected chi connectivity index (χ2v) is 11.8. The molecule has 0 radical (unpaired) electrons. The predicted octanol–water partition coefficient (Wildman–Crippen LogP) is 13.0. The molecule has 8 aromatic carbocycles.